The van der Waals surface area contributed by atoms with Gasteiger partial charge in [-0.05, 0) is 67.1 Å². The molecule has 0 saturated carbocycles. The SMILES string of the molecule is COc1ccc(CNC(=O)CC[C@H]2CCCN(C(=O)Nc3ccc(F)cc3)C2)cc1. The van der Waals surface area contributed by atoms with Crippen molar-refractivity contribution in [3.63, 3.8) is 0 Å². The molecule has 1 aliphatic rings. The van der Waals surface area contributed by atoms with Gasteiger partial charge in [0.25, 0.3) is 0 Å². The molecule has 30 heavy (non-hydrogen) atoms. The highest BCUT2D eigenvalue weighted by molar-refractivity contribution is 5.89. The van der Waals surface area contributed by atoms with Gasteiger partial charge < -0.3 is 20.3 Å². The van der Waals surface area contributed by atoms with E-state index in [0.29, 0.717) is 37.7 Å². The number of methoxy groups -OCH3 is 1. The van der Waals surface area contributed by atoms with Gasteiger partial charge in [-0.3, -0.25) is 4.79 Å². The highest BCUT2D eigenvalue weighted by Gasteiger charge is 2.24. The predicted octanol–water partition coefficient (Wildman–Crippen LogP) is 4.17. The number of carbonyl (C=O) groups is 2. The fraction of sp³-hybridized carbons (Fsp3) is 0.391. The van der Waals surface area contributed by atoms with Crippen LogP contribution in [0.25, 0.3) is 0 Å². The number of ether oxygens (including phenoxy) is 1. The summed E-state index contributed by atoms with van der Waals surface area (Å²) < 4.78 is 18.1. The van der Waals surface area contributed by atoms with Crippen molar-refractivity contribution in [1.82, 2.24) is 10.2 Å². The standard InChI is InChI=1S/C23H28FN3O3/c1-30-21-11-4-17(5-12-21)15-25-22(28)13-6-18-3-2-14-27(16-18)23(29)26-20-9-7-19(24)8-10-20/h4-5,7-12,18H,2-3,6,13-16H2,1H3,(H,25,28)(H,26,29)/t18-/m1/s1. The van der Waals surface area contributed by atoms with Crippen molar-refractivity contribution < 1.29 is 18.7 Å². The van der Waals surface area contributed by atoms with Crippen molar-refractivity contribution in [3.05, 3.63) is 59.9 Å². The largest absolute Gasteiger partial charge is 0.497 e. The van der Waals surface area contributed by atoms with Crippen molar-refractivity contribution in [1.29, 1.82) is 0 Å². The molecule has 6 nitrogen and oxygen atoms in total. The molecule has 7 heteroatoms. The molecule has 1 fully saturated rings. The van der Waals surface area contributed by atoms with Gasteiger partial charge in [-0.1, -0.05) is 12.1 Å². The smallest absolute Gasteiger partial charge is 0.321 e. The lowest BCUT2D eigenvalue weighted by Gasteiger charge is -2.32. The summed E-state index contributed by atoms with van der Waals surface area (Å²) >= 11 is 0. The minimum absolute atomic E-state index is 0.0127. The van der Waals surface area contributed by atoms with Crippen LogP contribution in [0.3, 0.4) is 0 Å². The Balaban J connectivity index is 1.40. The van der Waals surface area contributed by atoms with Crippen LogP contribution in [0.4, 0.5) is 14.9 Å². The van der Waals surface area contributed by atoms with Crippen LogP contribution in [0.15, 0.2) is 48.5 Å². The van der Waals surface area contributed by atoms with Crippen LogP contribution in [0, 0.1) is 11.7 Å². The Hall–Kier alpha value is -3.09. The van der Waals surface area contributed by atoms with Crippen LogP contribution in [0.2, 0.25) is 0 Å². The number of nitrogens with zero attached hydrogens (tertiary/aromatic N) is 1. The predicted molar refractivity (Wildman–Crippen MR) is 114 cm³/mol. The normalized spacial score (nSPS) is 16.1. The molecule has 1 saturated heterocycles. The third-order valence-electron chi connectivity index (χ3n) is 5.33. The van der Waals surface area contributed by atoms with Crippen molar-refractivity contribution in [2.45, 2.75) is 32.2 Å². The first-order valence-corrected chi connectivity index (χ1v) is 10.2. The molecular formula is C23H28FN3O3. The average molecular weight is 413 g/mol. The van der Waals surface area contributed by atoms with Crippen LogP contribution >= 0.6 is 0 Å². The number of benzene rings is 2. The Bertz CT molecular complexity index is 840. The highest BCUT2D eigenvalue weighted by atomic mass is 19.1. The number of amides is 3. The van der Waals surface area contributed by atoms with E-state index < -0.39 is 0 Å². The summed E-state index contributed by atoms with van der Waals surface area (Å²) in [5.41, 5.74) is 1.59. The molecule has 160 valence electrons. The van der Waals surface area contributed by atoms with Crippen LogP contribution < -0.4 is 15.4 Å². The van der Waals surface area contributed by atoms with E-state index in [4.69, 9.17) is 4.74 Å². The molecule has 2 N–H and O–H groups in total. The van der Waals surface area contributed by atoms with E-state index in [9.17, 15) is 14.0 Å². The van der Waals surface area contributed by atoms with Gasteiger partial charge in [0.2, 0.25) is 5.91 Å². The third-order valence-corrected chi connectivity index (χ3v) is 5.33. The van der Waals surface area contributed by atoms with Gasteiger partial charge in [0.05, 0.1) is 7.11 Å². The number of likely N-dealkylation sites (tertiary alicyclic amines) is 1. The lowest BCUT2D eigenvalue weighted by atomic mass is 9.93. The zero-order valence-electron chi connectivity index (χ0n) is 17.2. The van der Waals surface area contributed by atoms with Crippen molar-refractivity contribution >= 4 is 17.6 Å². The highest BCUT2D eigenvalue weighted by Crippen LogP contribution is 2.22. The first-order chi connectivity index (χ1) is 14.5. The van der Waals surface area contributed by atoms with Gasteiger partial charge in [-0.2, -0.15) is 0 Å². The molecule has 3 amide bonds. The lowest BCUT2D eigenvalue weighted by molar-refractivity contribution is -0.121. The zero-order valence-corrected chi connectivity index (χ0v) is 17.2. The van der Waals surface area contributed by atoms with Crippen molar-refractivity contribution in [3.8, 4) is 5.75 Å². The summed E-state index contributed by atoms with van der Waals surface area (Å²) in [6, 6.07) is 13.1. The summed E-state index contributed by atoms with van der Waals surface area (Å²) in [6.45, 7) is 1.80. The molecule has 0 bridgehead atoms. The van der Waals surface area contributed by atoms with E-state index >= 15 is 0 Å². The van der Waals surface area contributed by atoms with E-state index in [-0.39, 0.29) is 17.8 Å². The zero-order chi connectivity index (χ0) is 21.3. The molecule has 0 aliphatic carbocycles. The fourth-order valence-corrected chi connectivity index (χ4v) is 3.59. The van der Waals surface area contributed by atoms with Gasteiger partial charge >= 0.3 is 6.03 Å². The van der Waals surface area contributed by atoms with Crippen LogP contribution in [0.5, 0.6) is 5.75 Å². The maximum atomic E-state index is 13.0. The molecule has 0 radical (unpaired) electrons. The van der Waals surface area contributed by atoms with Gasteiger partial charge in [-0.15, -0.1) is 0 Å². The number of hydrogen-bond donors (Lipinski definition) is 2. The minimum Gasteiger partial charge on any atom is -0.497 e. The van der Waals surface area contributed by atoms with E-state index in [0.717, 1.165) is 30.6 Å². The maximum absolute atomic E-state index is 13.0. The van der Waals surface area contributed by atoms with Crippen LogP contribution in [-0.4, -0.2) is 37.0 Å². The quantitative estimate of drug-likeness (QED) is 0.716. The number of nitrogens with one attached hydrogen (secondary N) is 2. The second kappa shape index (κ2) is 10.6. The van der Waals surface area contributed by atoms with E-state index in [1.54, 1.807) is 24.1 Å². The Morgan fingerprint density at radius 1 is 1.13 bits per heavy atom. The summed E-state index contributed by atoms with van der Waals surface area (Å²) in [5.74, 6) is 0.759. The molecule has 1 aliphatic heterocycles. The Morgan fingerprint density at radius 3 is 2.57 bits per heavy atom. The summed E-state index contributed by atoms with van der Waals surface area (Å²) in [5, 5.41) is 5.75. The summed E-state index contributed by atoms with van der Waals surface area (Å²) in [6.07, 6.45) is 3.10. The molecule has 2 aromatic carbocycles. The second-order valence-electron chi connectivity index (χ2n) is 7.55. The monoisotopic (exact) mass is 413 g/mol. The Kier molecular flexibility index (Phi) is 7.65. The maximum Gasteiger partial charge on any atom is 0.321 e. The number of halogens is 1. The van der Waals surface area contributed by atoms with Gasteiger partial charge in [0, 0.05) is 31.7 Å². The molecule has 2 aromatic rings. The first kappa shape index (κ1) is 21.6. The van der Waals surface area contributed by atoms with Gasteiger partial charge in [0.1, 0.15) is 11.6 Å². The minimum atomic E-state index is -0.337. The lowest BCUT2D eigenvalue weighted by Crippen LogP contribution is -2.42. The molecular weight excluding hydrogens is 385 g/mol. The number of hydrogen-bond acceptors (Lipinski definition) is 3. The molecule has 1 atom stereocenters. The number of anilines is 1. The third kappa shape index (κ3) is 6.47. The van der Waals surface area contributed by atoms with Crippen molar-refractivity contribution in [2.75, 3.05) is 25.5 Å². The van der Waals surface area contributed by atoms with Gasteiger partial charge in [0.15, 0.2) is 0 Å². The second-order valence-corrected chi connectivity index (χ2v) is 7.55. The van der Waals surface area contributed by atoms with E-state index in [1.807, 2.05) is 24.3 Å². The number of rotatable bonds is 7. The Labute approximate surface area is 176 Å². The molecule has 0 aromatic heterocycles. The fourth-order valence-electron chi connectivity index (χ4n) is 3.59. The average Bonchev–Trinajstić information content (AvgIpc) is 2.78. The Morgan fingerprint density at radius 2 is 1.87 bits per heavy atom. The number of carbonyl (C=O) groups excluding carboxylic acids is 2. The van der Waals surface area contributed by atoms with E-state index in [2.05, 4.69) is 10.6 Å². The van der Waals surface area contributed by atoms with E-state index in [1.165, 1.54) is 12.1 Å². The van der Waals surface area contributed by atoms with Crippen LogP contribution in [0.1, 0.15) is 31.2 Å². The summed E-state index contributed by atoms with van der Waals surface area (Å²) in [4.78, 5) is 26.5. The van der Waals surface area contributed by atoms with Crippen LogP contribution in [-0.2, 0) is 11.3 Å². The van der Waals surface area contributed by atoms with Crippen molar-refractivity contribution in [2.24, 2.45) is 5.92 Å². The first-order valence-electron chi connectivity index (χ1n) is 10.2. The summed E-state index contributed by atoms with van der Waals surface area (Å²) in [7, 11) is 1.62. The molecule has 0 unspecified atom stereocenters. The topological polar surface area (TPSA) is 70.7 Å². The molecule has 1 heterocycles. The molecule has 3 rings (SSSR count). The van der Waals surface area contributed by atoms with Gasteiger partial charge in [-0.25, -0.2) is 9.18 Å². The number of urea groups is 1. The molecule has 0 spiro atoms. The number of piperidine rings is 1.